The highest BCUT2D eigenvalue weighted by molar-refractivity contribution is 9.10. The van der Waals surface area contributed by atoms with E-state index in [9.17, 15) is 4.79 Å². The van der Waals surface area contributed by atoms with Gasteiger partial charge in [-0.25, -0.2) is 0 Å². The Balaban J connectivity index is 0.000000181. The fraction of sp³-hybridized carbons (Fsp3) is 0.0833. The lowest BCUT2D eigenvalue weighted by Gasteiger charge is -2.05. The number of H-pyrrole nitrogens is 1. The second-order valence-corrected chi connectivity index (χ2v) is 7.95. The number of aromatic amines is 1. The van der Waals surface area contributed by atoms with Gasteiger partial charge < -0.3 is 14.8 Å². The Kier molecular flexibility index (Phi) is 11.3. The van der Waals surface area contributed by atoms with Crippen LogP contribution in [0.2, 0.25) is 0 Å². The van der Waals surface area contributed by atoms with Crippen molar-refractivity contribution in [3.05, 3.63) is 128 Å². The Morgan fingerprint density at radius 3 is 1.74 bits per heavy atom. The third-order valence-corrected chi connectivity index (χ3v) is 4.81. The molecule has 0 unspecified atom stereocenters. The average molecular weight is 546 g/mol. The topological polar surface area (TPSA) is 75.2 Å². The quantitative estimate of drug-likeness (QED) is 0.343. The van der Waals surface area contributed by atoms with E-state index in [0.29, 0.717) is 6.61 Å². The lowest BCUT2D eigenvalue weighted by molar-refractivity contribution is 0.282. The molecule has 2 aromatic heterocycles. The molecule has 2 heterocycles. The Labute approximate surface area is 198 Å². The van der Waals surface area contributed by atoms with E-state index in [0.717, 1.165) is 25.8 Å². The fourth-order valence-electron chi connectivity index (χ4n) is 2.14. The molecule has 31 heavy (non-hydrogen) atoms. The molecule has 5 nitrogen and oxygen atoms in total. The molecule has 0 saturated carbocycles. The van der Waals surface area contributed by atoms with Gasteiger partial charge in [-0.2, -0.15) is 0 Å². The van der Waals surface area contributed by atoms with Crippen LogP contribution in [-0.2, 0) is 13.2 Å². The molecule has 0 spiro atoms. The summed E-state index contributed by atoms with van der Waals surface area (Å²) in [6, 6.07) is 22.3. The number of ether oxygens (including phenoxy) is 1. The molecule has 0 aliphatic heterocycles. The van der Waals surface area contributed by atoms with E-state index in [1.54, 1.807) is 24.8 Å². The van der Waals surface area contributed by atoms with Crippen LogP contribution in [0, 0.1) is 0 Å². The standard InChI is InChI=1S/C12H10BrNO.C7H7BrO.C5H5NO/c13-11-3-1-10(2-4-11)9-15-12-5-7-14-8-6-12;8-7-3-1-6(5-9)2-4-7;7-5-1-3-6-4-2-5/h1-8H,9H2;1-4,9H,5H2;1-4H,(H,6,7). The first kappa shape index (κ1) is 24.5. The maximum Gasteiger partial charge on any atom is 0.181 e. The van der Waals surface area contributed by atoms with Crippen LogP contribution in [0.5, 0.6) is 5.75 Å². The number of nitrogens with zero attached hydrogens (tertiary/aromatic N) is 1. The summed E-state index contributed by atoms with van der Waals surface area (Å²) in [6.45, 7) is 0.699. The van der Waals surface area contributed by atoms with Crippen LogP contribution in [0.25, 0.3) is 0 Å². The summed E-state index contributed by atoms with van der Waals surface area (Å²) in [5, 5.41) is 8.61. The zero-order valence-electron chi connectivity index (χ0n) is 16.6. The molecule has 2 N–H and O–H groups in total. The minimum atomic E-state index is 0.0405. The normalized spacial score (nSPS) is 9.52. The van der Waals surface area contributed by atoms with Crippen molar-refractivity contribution in [2.45, 2.75) is 13.2 Å². The Bertz CT molecular complexity index is 1040. The molecular weight excluding hydrogens is 524 g/mol. The minimum Gasteiger partial charge on any atom is -0.489 e. The van der Waals surface area contributed by atoms with E-state index < -0.39 is 0 Å². The molecule has 4 rings (SSSR count). The van der Waals surface area contributed by atoms with E-state index in [1.807, 2.05) is 60.7 Å². The highest BCUT2D eigenvalue weighted by Gasteiger charge is 1.95. The van der Waals surface area contributed by atoms with Crippen LogP contribution in [0.4, 0.5) is 0 Å². The van der Waals surface area contributed by atoms with Gasteiger partial charge in [0.25, 0.3) is 0 Å². The number of rotatable bonds is 4. The summed E-state index contributed by atoms with van der Waals surface area (Å²) in [5.74, 6) is 0.841. The van der Waals surface area contributed by atoms with Crippen molar-refractivity contribution >= 4 is 31.9 Å². The number of pyridine rings is 2. The van der Waals surface area contributed by atoms with Crippen LogP contribution < -0.4 is 10.2 Å². The van der Waals surface area contributed by atoms with Gasteiger partial charge in [0.15, 0.2) is 5.43 Å². The monoisotopic (exact) mass is 544 g/mol. The molecule has 0 aliphatic rings. The van der Waals surface area contributed by atoms with Crippen LogP contribution in [0.3, 0.4) is 0 Å². The molecule has 0 fully saturated rings. The van der Waals surface area contributed by atoms with Gasteiger partial charge in [-0.3, -0.25) is 9.78 Å². The number of nitrogens with one attached hydrogen (secondary N) is 1. The molecule has 7 heteroatoms. The first-order chi connectivity index (χ1) is 15.1. The maximum atomic E-state index is 10.2. The molecule has 0 saturated heterocycles. The zero-order valence-corrected chi connectivity index (χ0v) is 19.8. The van der Waals surface area contributed by atoms with Gasteiger partial charge in [-0.15, -0.1) is 0 Å². The Hall–Kier alpha value is -2.74. The molecule has 160 valence electrons. The second kappa shape index (κ2) is 14.3. The third-order valence-electron chi connectivity index (χ3n) is 3.75. The summed E-state index contributed by atoms with van der Waals surface area (Å²) in [6.07, 6.45) is 6.64. The molecule has 0 bridgehead atoms. The first-order valence-corrected chi connectivity index (χ1v) is 10.9. The number of hydrogen-bond acceptors (Lipinski definition) is 4. The zero-order chi connectivity index (χ0) is 22.3. The van der Waals surface area contributed by atoms with Crippen molar-refractivity contribution in [3.8, 4) is 5.75 Å². The van der Waals surface area contributed by atoms with Gasteiger partial charge in [0, 0.05) is 45.9 Å². The lowest BCUT2D eigenvalue weighted by Crippen LogP contribution is -1.94. The fourth-order valence-corrected chi connectivity index (χ4v) is 2.67. The Morgan fingerprint density at radius 1 is 0.774 bits per heavy atom. The van der Waals surface area contributed by atoms with Crippen LogP contribution in [0.15, 0.2) is 111 Å². The van der Waals surface area contributed by atoms with Crippen molar-refractivity contribution in [2.75, 3.05) is 0 Å². The van der Waals surface area contributed by atoms with Crippen molar-refractivity contribution in [1.82, 2.24) is 9.97 Å². The first-order valence-electron chi connectivity index (χ1n) is 9.32. The lowest BCUT2D eigenvalue weighted by atomic mass is 10.2. The maximum absolute atomic E-state index is 10.2. The molecule has 0 amide bonds. The number of aromatic nitrogens is 2. The summed E-state index contributed by atoms with van der Waals surface area (Å²) >= 11 is 6.69. The van der Waals surface area contributed by atoms with E-state index in [-0.39, 0.29) is 12.0 Å². The summed E-state index contributed by atoms with van der Waals surface area (Å²) in [7, 11) is 0. The molecular formula is C24H22Br2N2O3. The second-order valence-electron chi connectivity index (χ2n) is 6.12. The van der Waals surface area contributed by atoms with Crippen molar-refractivity contribution < 1.29 is 9.84 Å². The van der Waals surface area contributed by atoms with Gasteiger partial charge >= 0.3 is 0 Å². The predicted octanol–water partition coefficient (Wildman–Crippen LogP) is 5.74. The smallest absolute Gasteiger partial charge is 0.181 e. The van der Waals surface area contributed by atoms with Crippen molar-refractivity contribution in [1.29, 1.82) is 0 Å². The summed E-state index contributed by atoms with van der Waals surface area (Å²) in [5.41, 5.74) is 2.13. The van der Waals surface area contributed by atoms with E-state index in [2.05, 4.69) is 41.8 Å². The van der Waals surface area contributed by atoms with Crippen molar-refractivity contribution in [2.24, 2.45) is 0 Å². The van der Waals surface area contributed by atoms with Gasteiger partial charge in [-0.05, 0) is 47.5 Å². The largest absolute Gasteiger partial charge is 0.489 e. The third kappa shape index (κ3) is 10.7. The number of benzene rings is 2. The number of halogens is 2. The van der Waals surface area contributed by atoms with Crippen LogP contribution in [-0.4, -0.2) is 15.1 Å². The van der Waals surface area contributed by atoms with E-state index in [4.69, 9.17) is 9.84 Å². The summed E-state index contributed by atoms with van der Waals surface area (Å²) in [4.78, 5) is 16.9. The summed E-state index contributed by atoms with van der Waals surface area (Å²) < 4.78 is 7.70. The molecule has 0 radical (unpaired) electrons. The molecule has 0 atom stereocenters. The highest BCUT2D eigenvalue weighted by Crippen LogP contribution is 2.13. The average Bonchev–Trinajstić information content (AvgIpc) is 2.81. The van der Waals surface area contributed by atoms with E-state index in [1.165, 1.54) is 12.1 Å². The van der Waals surface area contributed by atoms with Crippen molar-refractivity contribution in [3.63, 3.8) is 0 Å². The number of aliphatic hydroxyl groups excluding tert-OH is 1. The van der Waals surface area contributed by atoms with Gasteiger partial charge in [0.05, 0.1) is 6.61 Å². The van der Waals surface area contributed by atoms with Crippen LogP contribution >= 0.6 is 31.9 Å². The highest BCUT2D eigenvalue weighted by atomic mass is 79.9. The molecule has 2 aromatic carbocycles. The van der Waals surface area contributed by atoms with E-state index >= 15 is 0 Å². The predicted molar refractivity (Wildman–Crippen MR) is 130 cm³/mol. The molecule has 4 aromatic rings. The van der Waals surface area contributed by atoms with Gasteiger partial charge in [0.2, 0.25) is 0 Å². The Morgan fingerprint density at radius 2 is 1.29 bits per heavy atom. The molecule has 0 aliphatic carbocycles. The minimum absolute atomic E-state index is 0.0405. The van der Waals surface area contributed by atoms with Gasteiger partial charge in [-0.1, -0.05) is 56.1 Å². The number of aliphatic hydroxyl groups is 1. The SMILES string of the molecule is Brc1ccc(COc2ccncc2)cc1.O=c1cc[nH]cc1.OCc1ccc(Br)cc1. The van der Waals surface area contributed by atoms with Gasteiger partial charge in [0.1, 0.15) is 12.4 Å². The van der Waals surface area contributed by atoms with Crippen LogP contribution in [0.1, 0.15) is 11.1 Å². The number of hydrogen-bond donors (Lipinski definition) is 2.